The molecule has 0 spiro atoms. The Balaban J connectivity index is 2.59. The van der Waals surface area contributed by atoms with Crippen molar-refractivity contribution < 1.29 is 9.23 Å². The molecule has 0 saturated carbocycles. The third-order valence-electron chi connectivity index (χ3n) is 1.68. The van der Waals surface area contributed by atoms with Crippen molar-refractivity contribution in [3.63, 3.8) is 0 Å². The van der Waals surface area contributed by atoms with Gasteiger partial charge in [0.05, 0.1) is 5.71 Å². The third-order valence-corrected chi connectivity index (χ3v) is 1.68. The van der Waals surface area contributed by atoms with Crippen LogP contribution in [0.25, 0.3) is 0 Å². The summed E-state index contributed by atoms with van der Waals surface area (Å²) in [6.45, 7) is 3.97. The van der Waals surface area contributed by atoms with Crippen LogP contribution in [-0.4, -0.2) is 24.3 Å². The number of rotatable bonds is 2. The van der Waals surface area contributed by atoms with Gasteiger partial charge in [-0.3, -0.25) is 4.99 Å². The van der Waals surface area contributed by atoms with Crippen molar-refractivity contribution in [3.8, 4) is 0 Å². The Labute approximate surface area is 71.3 Å². The Bertz CT molecular complexity index is 211. The quantitative estimate of drug-likeness (QED) is 0.626. The molecule has 0 aromatic heterocycles. The van der Waals surface area contributed by atoms with Crippen molar-refractivity contribution >= 4 is 11.6 Å². The molecule has 68 valence electrons. The van der Waals surface area contributed by atoms with E-state index in [9.17, 15) is 4.39 Å². The topological polar surface area (TPSA) is 34.0 Å². The first-order valence-electron chi connectivity index (χ1n) is 4.15. The molecule has 0 saturated heterocycles. The lowest BCUT2D eigenvalue weighted by atomic mass is 10.2. The largest absolute Gasteiger partial charge is 0.338 e. The number of alkyl halides is 1. The highest BCUT2D eigenvalue weighted by molar-refractivity contribution is 5.87. The van der Waals surface area contributed by atoms with E-state index in [1.54, 1.807) is 0 Å². The molecule has 1 rings (SSSR count). The van der Waals surface area contributed by atoms with E-state index >= 15 is 0 Å². The molecule has 3 nitrogen and oxygen atoms in total. The number of oxime groups is 1. The summed E-state index contributed by atoms with van der Waals surface area (Å²) in [7, 11) is 0. The maximum Gasteiger partial charge on any atom is 0.254 e. The van der Waals surface area contributed by atoms with Gasteiger partial charge in [-0.2, -0.15) is 0 Å². The van der Waals surface area contributed by atoms with E-state index in [4.69, 9.17) is 4.84 Å². The first kappa shape index (κ1) is 9.16. The van der Waals surface area contributed by atoms with E-state index in [-0.39, 0.29) is 5.90 Å². The highest BCUT2D eigenvalue weighted by Crippen LogP contribution is 2.05. The van der Waals surface area contributed by atoms with Gasteiger partial charge in [0.25, 0.3) is 5.90 Å². The smallest absolute Gasteiger partial charge is 0.254 e. The van der Waals surface area contributed by atoms with Gasteiger partial charge in [-0.05, 0) is 13.3 Å². The van der Waals surface area contributed by atoms with Gasteiger partial charge >= 0.3 is 0 Å². The van der Waals surface area contributed by atoms with Crippen molar-refractivity contribution in [1.82, 2.24) is 0 Å². The molecule has 12 heavy (non-hydrogen) atoms. The van der Waals surface area contributed by atoms with Crippen LogP contribution in [0, 0.1) is 0 Å². The average Bonchev–Trinajstić information content (AvgIpc) is 2.28. The molecule has 1 aliphatic heterocycles. The van der Waals surface area contributed by atoms with Gasteiger partial charge in [0.2, 0.25) is 0 Å². The van der Waals surface area contributed by atoms with E-state index in [0.717, 1.165) is 18.6 Å². The molecule has 4 heteroatoms. The zero-order valence-corrected chi connectivity index (χ0v) is 7.38. The summed E-state index contributed by atoms with van der Waals surface area (Å²) in [4.78, 5) is 8.76. The molecule has 1 unspecified atom stereocenters. The van der Waals surface area contributed by atoms with Crippen molar-refractivity contribution in [2.45, 2.75) is 32.9 Å². The number of hydrogen-bond acceptors (Lipinski definition) is 3. The Morgan fingerprint density at radius 3 is 3.00 bits per heavy atom. The summed E-state index contributed by atoms with van der Waals surface area (Å²) >= 11 is 0. The van der Waals surface area contributed by atoms with Crippen molar-refractivity contribution in [2.24, 2.45) is 10.1 Å². The minimum atomic E-state index is -1.16. The standard InChI is InChI=1S/C8H13FN2O/c1-3-7-4-5-10-8(6(2)9)12-11-7/h6H,3-5H2,1-2H3. The minimum absolute atomic E-state index is 0.0958. The summed E-state index contributed by atoms with van der Waals surface area (Å²) in [6, 6.07) is 0. The molecule has 0 aliphatic carbocycles. The highest BCUT2D eigenvalue weighted by Gasteiger charge is 2.13. The lowest BCUT2D eigenvalue weighted by Crippen LogP contribution is -2.13. The number of nitrogens with zero attached hydrogens (tertiary/aromatic N) is 2. The zero-order chi connectivity index (χ0) is 8.97. The molecule has 0 amide bonds. The maximum absolute atomic E-state index is 12.7. The Kier molecular flexibility index (Phi) is 3.19. The van der Waals surface area contributed by atoms with Crippen molar-refractivity contribution in [3.05, 3.63) is 0 Å². The molecule has 0 fully saturated rings. The molecule has 1 heterocycles. The molecule has 0 aromatic rings. The van der Waals surface area contributed by atoms with Crippen LogP contribution in [0.4, 0.5) is 4.39 Å². The predicted octanol–water partition coefficient (Wildman–Crippen LogP) is 1.93. The normalized spacial score (nSPS) is 20.2. The van der Waals surface area contributed by atoms with Gasteiger partial charge in [0, 0.05) is 13.0 Å². The van der Waals surface area contributed by atoms with Gasteiger partial charge in [-0.25, -0.2) is 4.39 Å². The Morgan fingerprint density at radius 1 is 1.67 bits per heavy atom. The van der Waals surface area contributed by atoms with Crippen LogP contribution < -0.4 is 0 Å². The van der Waals surface area contributed by atoms with Gasteiger partial charge < -0.3 is 4.84 Å². The first-order chi connectivity index (χ1) is 5.74. The zero-order valence-electron chi connectivity index (χ0n) is 7.38. The van der Waals surface area contributed by atoms with Crippen molar-refractivity contribution in [2.75, 3.05) is 6.54 Å². The Morgan fingerprint density at radius 2 is 2.42 bits per heavy atom. The Hall–Kier alpha value is -0.930. The monoisotopic (exact) mass is 172 g/mol. The molecule has 0 N–H and O–H groups in total. The summed E-state index contributed by atoms with van der Waals surface area (Å²) in [6.07, 6.45) is 0.445. The fourth-order valence-electron chi connectivity index (χ4n) is 0.921. The van der Waals surface area contributed by atoms with Gasteiger partial charge in [-0.15, -0.1) is 0 Å². The van der Waals surface area contributed by atoms with Crippen LogP contribution in [0.15, 0.2) is 10.1 Å². The molecule has 0 radical (unpaired) electrons. The van der Waals surface area contributed by atoms with Gasteiger partial charge in [-0.1, -0.05) is 12.1 Å². The van der Waals surface area contributed by atoms with E-state index in [0.29, 0.717) is 6.54 Å². The first-order valence-corrected chi connectivity index (χ1v) is 4.15. The van der Waals surface area contributed by atoms with E-state index in [2.05, 4.69) is 10.1 Å². The summed E-state index contributed by atoms with van der Waals surface area (Å²) < 4.78 is 12.7. The molecular weight excluding hydrogens is 159 g/mol. The average molecular weight is 172 g/mol. The molecule has 0 bridgehead atoms. The van der Waals surface area contributed by atoms with E-state index in [1.807, 2.05) is 6.92 Å². The second-order valence-corrected chi connectivity index (χ2v) is 2.69. The lowest BCUT2D eigenvalue weighted by Gasteiger charge is -2.01. The molecule has 0 aromatic carbocycles. The number of hydrogen-bond donors (Lipinski definition) is 0. The molecule has 1 aliphatic rings. The SMILES string of the molecule is CCC1=NOC(C(C)F)=NCC1. The van der Waals surface area contributed by atoms with Crippen LogP contribution in [0.1, 0.15) is 26.7 Å². The summed E-state index contributed by atoms with van der Waals surface area (Å²) in [5.41, 5.74) is 0.939. The van der Waals surface area contributed by atoms with Crippen LogP contribution in [0.3, 0.4) is 0 Å². The summed E-state index contributed by atoms with van der Waals surface area (Å²) in [5.74, 6) is 0.0958. The number of aliphatic imine (C=N–C) groups is 1. The van der Waals surface area contributed by atoms with Gasteiger partial charge in [0.1, 0.15) is 0 Å². The highest BCUT2D eigenvalue weighted by atomic mass is 19.1. The van der Waals surface area contributed by atoms with E-state index < -0.39 is 6.17 Å². The minimum Gasteiger partial charge on any atom is -0.338 e. The number of halogens is 1. The van der Waals surface area contributed by atoms with Crippen LogP contribution in [-0.2, 0) is 4.84 Å². The third kappa shape index (κ3) is 2.29. The van der Waals surface area contributed by atoms with Crippen LogP contribution in [0.5, 0.6) is 0 Å². The van der Waals surface area contributed by atoms with Crippen molar-refractivity contribution in [1.29, 1.82) is 0 Å². The predicted molar refractivity (Wildman–Crippen MR) is 46.3 cm³/mol. The van der Waals surface area contributed by atoms with Gasteiger partial charge in [0.15, 0.2) is 6.17 Å². The summed E-state index contributed by atoms with van der Waals surface area (Å²) in [5, 5.41) is 3.79. The fourth-order valence-corrected chi connectivity index (χ4v) is 0.921. The molecular formula is C8H13FN2O. The second kappa shape index (κ2) is 4.18. The fraction of sp³-hybridized carbons (Fsp3) is 0.750. The van der Waals surface area contributed by atoms with Crippen LogP contribution >= 0.6 is 0 Å². The lowest BCUT2D eigenvalue weighted by molar-refractivity contribution is 0.279. The van der Waals surface area contributed by atoms with Crippen LogP contribution in [0.2, 0.25) is 0 Å². The second-order valence-electron chi connectivity index (χ2n) is 2.69. The van der Waals surface area contributed by atoms with E-state index in [1.165, 1.54) is 6.92 Å². The maximum atomic E-state index is 12.7. The molecule has 1 atom stereocenters.